The van der Waals surface area contributed by atoms with Gasteiger partial charge >= 0.3 is 0 Å². The van der Waals surface area contributed by atoms with Crippen LogP contribution in [0.25, 0.3) is 10.9 Å². The normalized spacial score (nSPS) is 16.0. The van der Waals surface area contributed by atoms with Gasteiger partial charge < -0.3 is 24.3 Å². The number of amides is 2. The monoisotopic (exact) mass is 405 g/mol. The summed E-state index contributed by atoms with van der Waals surface area (Å²) >= 11 is 0. The number of hydrogen-bond acceptors (Lipinski definition) is 4. The van der Waals surface area contributed by atoms with E-state index in [0.29, 0.717) is 62.9 Å². The van der Waals surface area contributed by atoms with Crippen molar-refractivity contribution in [2.75, 3.05) is 39.4 Å². The Hall–Kier alpha value is -3.48. The maximum atomic E-state index is 12.9. The maximum Gasteiger partial charge on any atom is 0.254 e. The molecule has 7 heteroatoms. The lowest BCUT2D eigenvalue weighted by Crippen LogP contribution is -2.51. The summed E-state index contributed by atoms with van der Waals surface area (Å²) < 4.78 is 11.1. The highest BCUT2D eigenvalue weighted by molar-refractivity contribution is 5.95. The third-order valence-corrected chi connectivity index (χ3v) is 5.73. The van der Waals surface area contributed by atoms with Crippen LogP contribution in [-0.2, 0) is 11.2 Å². The minimum atomic E-state index is -0.0456. The average molecular weight is 405 g/mol. The lowest BCUT2D eigenvalue weighted by molar-refractivity contribution is -0.131. The maximum absolute atomic E-state index is 12.9. The van der Waals surface area contributed by atoms with Gasteiger partial charge in [-0.3, -0.25) is 9.59 Å². The molecule has 7 nitrogen and oxygen atoms in total. The molecule has 1 fully saturated rings. The fraction of sp³-hybridized carbons (Fsp3) is 0.304. The molecule has 0 aliphatic carbocycles. The Morgan fingerprint density at radius 1 is 0.900 bits per heavy atom. The number of fused-ring (bicyclic) bond motifs is 2. The summed E-state index contributed by atoms with van der Waals surface area (Å²) in [6, 6.07) is 13.3. The van der Waals surface area contributed by atoms with Gasteiger partial charge in [0.2, 0.25) is 5.91 Å². The van der Waals surface area contributed by atoms with E-state index < -0.39 is 0 Å². The van der Waals surface area contributed by atoms with Crippen LogP contribution in [0.15, 0.2) is 48.7 Å². The van der Waals surface area contributed by atoms with E-state index >= 15 is 0 Å². The fourth-order valence-corrected chi connectivity index (χ4v) is 4.07. The molecule has 0 unspecified atom stereocenters. The van der Waals surface area contributed by atoms with Crippen molar-refractivity contribution in [3.8, 4) is 11.5 Å². The highest BCUT2D eigenvalue weighted by Crippen LogP contribution is 2.31. The summed E-state index contributed by atoms with van der Waals surface area (Å²) in [6.45, 7) is 3.13. The number of ether oxygens (including phenoxy) is 2. The van der Waals surface area contributed by atoms with Crippen LogP contribution < -0.4 is 9.47 Å². The molecule has 0 atom stereocenters. The third-order valence-electron chi connectivity index (χ3n) is 5.73. The van der Waals surface area contributed by atoms with Gasteiger partial charge in [-0.1, -0.05) is 18.2 Å². The number of hydrogen-bond donors (Lipinski definition) is 1. The number of aromatic amines is 1. The first kappa shape index (κ1) is 18.5. The fourth-order valence-electron chi connectivity index (χ4n) is 4.07. The Morgan fingerprint density at radius 2 is 1.63 bits per heavy atom. The van der Waals surface area contributed by atoms with Gasteiger partial charge in [0.15, 0.2) is 11.5 Å². The van der Waals surface area contributed by atoms with Crippen LogP contribution >= 0.6 is 0 Å². The van der Waals surface area contributed by atoms with E-state index in [4.69, 9.17) is 9.47 Å². The van der Waals surface area contributed by atoms with Crippen molar-refractivity contribution >= 4 is 22.7 Å². The highest BCUT2D eigenvalue weighted by Gasteiger charge is 2.26. The zero-order valence-electron chi connectivity index (χ0n) is 16.6. The van der Waals surface area contributed by atoms with Crippen molar-refractivity contribution in [3.05, 3.63) is 59.8 Å². The summed E-state index contributed by atoms with van der Waals surface area (Å²) in [5.41, 5.74) is 2.62. The molecule has 1 saturated heterocycles. The van der Waals surface area contributed by atoms with Crippen LogP contribution in [0.4, 0.5) is 0 Å². The summed E-state index contributed by atoms with van der Waals surface area (Å²) in [5, 5.41) is 1.08. The molecule has 3 aromatic rings. The molecule has 30 heavy (non-hydrogen) atoms. The third kappa shape index (κ3) is 3.47. The van der Waals surface area contributed by atoms with E-state index in [-0.39, 0.29) is 11.8 Å². The molecule has 0 spiro atoms. The largest absolute Gasteiger partial charge is 0.486 e. The number of carbonyl (C=O) groups excluding carboxylic acids is 2. The van der Waals surface area contributed by atoms with Crippen molar-refractivity contribution in [1.29, 1.82) is 0 Å². The second-order valence-electron chi connectivity index (χ2n) is 7.57. The number of rotatable bonds is 3. The predicted molar refractivity (Wildman–Crippen MR) is 112 cm³/mol. The van der Waals surface area contributed by atoms with Gasteiger partial charge in [-0.15, -0.1) is 0 Å². The topological polar surface area (TPSA) is 74.9 Å². The summed E-state index contributed by atoms with van der Waals surface area (Å²) in [4.78, 5) is 32.5. The van der Waals surface area contributed by atoms with Gasteiger partial charge in [-0.05, 0) is 29.8 Å². The number of nitrogens with one attached hydrogen (secondary N) is 1. The first-order chi connectivity index (χ1) is 14.7. The van der Waals surface area contributed by atoms with Gasteiger partial charge in [-0.25, -0.2) is 0 Å². The molecule has 154 valence electrons. The first-order valence-corrected chi connectivity index (χ1v) is 10.2. The van der Waals surface area contributed by atoms with Gasteiger partial charge in [0, 0.05) is 48.8 Å². The standard InChI is InChI=1S/C23H23N3O4/c27-22(14-17-15-24-19-4-2-1-3-18(17)19)25-7-9-26(10-8-25)23(28)16-5-6-20-21(13-16)30-12-11-29-20/h1-6,13,15,24H,7-12,14H2. The van der Waals surface area contributed by atoms with E-state index in [1.165, 1.54) is 0 Å². The van der Waals surface area contributed by atoms with E-state index in [1.807, 2.05) is 35.4 Å². The number of H-pyrrole nitrogens is 1. The summed E-state index contributed by atoms with van der Waals surface area (Å²) in [7, 11) is 0. The molecular weight excluding hydrogens is 382 g/mol. The molecule has 0 radical (unpaired) electrons. The predicted octanol–water partition coefficient (Wildman–Crippen LogP) is 2.47. The Morgan fingerprint density at radius 3 is 2.47 bits per heavy atom. The van der Waals surface area contributed by atoms with Gasteiger partial charge in [0.1, 0.15) is 13.2 Å². The van der Waals surface area contributed by atoms with Crippen molar-refractivity contribution in [3.63, 3.8) is 0 Å². The van der Waals surface area contributed by atoms with E-state index in [1.54, 1.807) is 23.1 Å². The zero-order chi connectivity index (χ0) is 20.5. The minimum Gasteiger partial charge on any atom is -0.486 e. The van der Waals surface area contributed by atoms with Crippen molar-refractivity contribution in [2.24, 2.45) is 0 Å². The minimum absolute atomic E-state index is 0.0456. The van der Waals surface area contributed by atoms with Crippen LogP contribution in [0, 0.1) is 0 Å². The Labute approximate surface area is 174 Å². The molecule has 2 aliphatic rings. The van der Waals surface area contributed by atoms with Crippen LogP contribution in [0.2, 0.25) is 0 Å². The van der Waals surface area contributed by atoms with Crippen LogP contribution in [0.1, 0.15) is 15.9 Å². The van der Waals surface area contributed by atoms with Crippen molar-refractivity contribution in [1.82, 2.24) is 14.8 Å². The molecule has 0 saturated carbocycles. The number of piperazine rings is 1. The number of para-hydroxylation sites is 1. The number of aromatic nitrogens is 1. The second kappa shape index (κ2) is 7.74. The molecule has 2 amide bonds. The molecule has 5 rings (SSSR count). The number of nitrogens with zero attached hydrogens (tertiary/aromatic N) is 2. The highest BCUT2D eigenvalue weighted by atomic mass is 16.6. The molecule has 1 aromatic heterocycles. The average Bonchev–Trinajstić information content (AvgIpc) is 3.21. The van der Waals surface area contributed by atoms with Gasteiger partial charge in [-0.2, -0.15) is 0 Å². The van der Waals surface area contributed by atoms with Crippen molar-refractivity contribution in [2.45, 2.75) is 6.42 Å². The van der Waals surface area contributed by atoms with E-state index in [0.717, 1.165) is 16.5 Å². The number of carbonyl (C=O) groups is 2. The lowest BCUT2D eigenvalue weighted by atomic mass is 10.1. The van der Waals surface area contributed by atoms with Crippen LogP contribution in [-0.4, -0.2) is 66.0 Å². The SMILES string of the molecule is O=C(Cc1c[nH]c2ccccc12)N1CCN(C(=O)c2ccc3c(c2)OCCO3)CC1. The van der Waals surface area contributed by atoms with Gasteiger partial charge in [0.25, 0.3) is 5.91 Å². The molecule has 2 aromatic carbocycles. The smallest absolute Gasteiger partial charge is 0.254 e. The quantitative estimate of drug-likeness (QED) is 0.727. The van der Waals surface area contributed by atoms with E-state index in [2.05, 4.69) is 4.98 Å². The Kier molecular flexibility index (Phi) is 4.78. The Balaban J connectivity index is 1.20. The first-order valence-electron chi connectivity index (χ1n) is 10.2. The molecule has 1 N–H and O–H groups in total. The molecule has 3 heterocycles. The summed E-state index contributed by atoms with van der Waals surface area (Å²) in [6.07, 6.45) is 2.27. The zero-order valence-corrected chi connectivity index (χ0v) is 16.6. The molecule has 2 aliphatic heterocycles. The summed E-state index contributed by atoms with van der Waals surface area (Å²) in [5.74, 6) is 1.33. The number of benzene rings is 2. The van der Waals surface area contributed by atoms with Crippen LogP contribution in [0.3, 0.4) is 0 Å². The molecule has 0 bridgehead atoms. The lowest BCUT2D eigenvalue weighted by Gasteiger charge is -2.35. The van der Waals surface area contributed by atoms with Crippen LogP contribution in [0.5, 0.6) is 11.5 Å². The second-order valence-corrected chi connectivity index (χ2v) is 7.57. The van der Waals surface area contributed by atoms with E-state index in [9.17, 15) is 9.59 Å². The Bertz CT molecular complexity index is 1100. The van der Waals surface area contributed by atoms with Gasteiger partial charge in [0.05, 0.1) is 6.42 Å². The van der Waals surface area contributed by atoms with Crippen molar-refractivity contribution < 1.29 is 19.1 Å². The molecular formula is C23H23N3O4.